The van der Waals surface area contributed by atoms with Crippen molar-refractivity contribution in [2.75, 3.05) is 32.7 Å². The number of halogens is 4. The highest BCUT2D eigenvalue weighted by Gasteiger charge is 2.32. The first-order chi connectivity index (χ1) is 13.5. The van der Waals surface area contributed by atoms with E-state index in [1.165, 1.54) is 12.0 Å². The quantitative estimate of drug-likeness (QED) is 0.668. The van der Waals surface area contributed by atoms with E-state index in [0.29, 0.717) is 0 Å². The van der Waals surface area contributed by atoms with Gasteiger partial charge in [0.1, 0.15) is 5.69 Å². The molecule has 0 saturated carbocycles. The van der Waals surface area contributed by atoms with Crippen LogP contribution in [0.5, 0.6) is 5.75 Å². The number of aromatic nitrogens is 2. The topological polar surface area (TPSA) is 96.5 Å². The molecule has 2 aromatic rings. The number of ether oxygens (including phenoxy) is 2. The summed E-state index contributed by atoms with van der Waals surface area (Å²) in [6, 6.07) is 2.80. The van der Waals surface area contributed by atoms with Gasteiger partial charge in [0, 0.05) is 27.3 Å². The lowest BCUT2D eigenvalue weighted by Gasteiger charge is -2.19. The Labute approximate surface area is 162 Å². The second-order valence-electron chi connectivity index (χ2n) is 6.07. The maximum absolute atomic E-state index is 14.0. The molecule has 1 amide bonds. The number of benzene rings is 1. The van der Waals surface area contributed by atoms with Gasteiger partial charge in [-0.15, -0.1) is 13.2 Å². The molecule has 8 nitrogen and oxygen atoms in total. The van der Waals surface area contributed by atoms with Crippen LogP contribution in [0.3, 0.4) is 0 Å². The number of nitrogens with one attached hydrogen (secondary N) is 2. The number of nitrogens with zero attached hydrogens (tertiary/aromatic N) is 2. The molecule has 0 aliphatic heterocycles. The number of rotatable bonds is 7. The first-order valence-corrected chi connectivity index (χ1v) is 8.14. The summed E-state index contributed by atoms with van der Waals surface area (Å²) in [4.78, 5) is 32.2. The minimum Gasteiger partial charge on any atom is -0.403 e. The molecule has 0 aliphatic rings. The van der Waals surface area contributed by atoms with Crippen LogP contribution in [-0.2, 0) is 4.74 Å². The van der Waals surface area contributed by atoms with Crippen LogP contribution in [0.1, 0.15) is 22.1 Å². The number of H-pyrrole nitrogens is 1. The molecule has 0 bridgehead atoms. The van der Waals surface area contributed by atoms with Crippen LogP contribution in [0.25, 0.3) is 0 Å². The highest BCUT2D eigenvalue weighted by atomic mass is 19.4. The molecule has 2 rings (SSSR count). The van der Waals surface area contributed by atoms with Crippen molar-refractivity contribution in [1.29, 1.82) is 0 Å². The third kappa shape index (κ3) is 6.17. The van der Waals surface area contributed by atoms with Crippen molar-refractivity contribution in [3.63, 3.8) is 0 Å². The summed E-state index contributed by atoms with van der Waals surface area (Å²) in [7, 11) is 4.55. The molecule has 0 spiro atoms. The van der Waals surface area contributed by atoms with Crippen LogP contribution in [0.2, 0.25) is 0 Å². The average molecular weight is 418 g/mol. The Hall–Kier alpha value is -3.15. The van der Waals surface area contributed by atoms with Gasteiger partial charge in [0.25, 0.3) is 11.5 Å². The number of hydrogen-bond donors (Lipinski definition) is 2. The summed E-state index contributed by atoms with van der Waals surface area (Å²) < 4.78 is 59.4. The van der Waals surface area contributed by atoms with Crippen molar-refractivity contribution in [2.45, 2.75) is 12.4 Å². The fourth-order valence-corrected chi connectivity index (χ4v) is 2.33. The molecule has 29 heavy (non-hydrogen) atoms. The van der Waals surface area contributed by atoms with Crippen LogP contribution < -0.4 is 20.5 Å². The molecular weight excluding hydrogens is 400 g/mol. The van der Waals surface area contributed by atoms with E-state index in [1.807, 2.05) is 0 Å². The number of anilines is 1. The average Bonchev–Trinajstić information content (AvgIpc) is 2.61. The van der Waals surface area contributed by atoms with Crippen molar-refractivity contribution >= 4 is 11.9 Å². The Bertz CT molecular complexity index is 930. The number of carbonyl (C=O) groups excluding carboxylic acids is 1. The van der Waals surface area contributed by atoms with Crippen LogP contribution in [0, 0.1) is 5.82 Å². The van der Waals surface area contributed by atoms with Gasteiger partial charge >= 0.3 is 6.36 Å². The molecule has 2 N–H and O–H groups in total. The summed E-state index contributed by atoms with van der Waals surface area (Å²) in [6.07, 6.45) is -5.04. The lowest BCUT2D eigenvalue weighted by Crippen LogP contribution is -2.33. The predicted molar refractivity (Wildman–Crippen MR) is 94.4 cm³/mol. The zero-order valence-electron chi connectivity index (χ0n) is 15.6. The number of alkyl halides is 3. The summed E-state index contributed by atoms with van der Waals surface area (Å²) in [5, 5.41) is 2.51. The van der Waals surface area contributed by atoms with E-state index >= 15 is 0 Å². The molecule has 0 saturated heterocycles. The maximum Gasteiger partial charge on any atom is 0.573 e. The van der Waals surface area contributed by atoms with Gasteiger partial charge in [0.05, 0.1) is 12.6 Å². The number of methoxy groups -OCH3 is 1. The normalized spacial score (nSPS) is 12.4. The summed E-state index contributed by atoms with van der Waals surface area (Å²) in [5.74, 6) is -2.88. The Kier molecular flexibility index (Phi) is 6.80. The van der Waals surface area contributed by atoms with Crippen molar-refractivity contribution in [1.82, 2.24) is 15.3 Å². The SMILES string of the molecule is COC[C@@H](NC(=O)c1cc(=O)[nH]c(N(C)C)n1)c1ccc(OC(F)(F)F)c(F)c1. The first kappa shape index (κ1) is 22.1. The van der Waals surface area contributed by atoms with Crippen LogP contribution in [-0.4, -0.2) is 50.0 Å². The molecule has 1 aromatic carbocycles. The lowest BCUT2D eigenvalue weighted by atomic mass is 10.1. The van der Waals surface area contributed by atoms with Gasteiger partial charge in [-0.3, -0.25) is 14.6 Å². The molecule has 0 fully saturated rings. The molecule has 12 heteroatoms. The molecule has 1 heterocycles. The van der Waals surface area contributed by atoms with Crippen molar-refractivity contribution in [2.24, 2.45) is 0 Å². The Balaban J connectivity index is 2.27. The fourth-order valence-electron chi connectivity index (χ4n) is 2.33. The molecule has 0 radical (unpaired) electrons. The zero-order chi connectivity index (χ0) is 21.8. The maximum atomic E-state index is 14.0. The van der Waals surface area contributed by atoms with Gasteiger partial charge in [-0.2, -0.15) is 0 Å². The first-order valence-electron chi connectivity index (χ1n) is 8.14. The minimum atomic E-state index is -5.04. The lowest BCUT2D eigenvalue weighted by molar-refractivity contribution is -0.275. The predicted octanol–water partition coefficient (Wildman–Crippen LogP) is 1.99. The highest BCUT2D eigenvalue weighted by molar-refractivity contribution is 5.92. The largest absolute Gasteiger partial charge is 0.573 e. The van der Waals surface area contributed by atoms with E-state index in [9.17, 15) is 27.2 Å². The molecule has 1 atom stereocenters. The van der Waals surface area contributed by atoms with Gasteiger partial charge in [-0.05, 0) is 17.7 Å². The second kappa shape index (κ2) is 8.90. The minimum absolute atomic E-state index is 0.117. The zero-order valence-corrected chi connectivity index (χ0v) is 15.6. The number of carbonyl (C=O) groups is 1. The smallest absolute Gasteiger partial charge is 0.403 e. The Morgan fingerprint density at radius 3 is 2.55 bits per heavy atom. The number of amides is 1. The van der Waals surface area contributed by atoms with Gasteiger partial charge < -0.3 is 19.7 Å². The Morgan fingerprint density at radius 1 is 1.31 bits per heavy atom. The highest BCUT2D eigenvalue weighted by Crippen LogP contribution is 2.28. The van der Waals surface area contributed by atoms with Crippen molar-refractivity contribution in [3.05, 3.63) is 51.7 Å². The van der Waals surface area contributed by atoms with E-state index in [2.05, 4.69) is 20.0 Å². The van der Waals surface area contributed by atoms with Crippen molar-refractivity contribution in [3.8, 4) is 5.75 Å². The van der Waals surface area contributed by atoms with Gasteiger partial charge in [0.2, 0.25) is 5.95 Å². The molecular formula is C17H18F4N4O4. The third-order valence-electron chi connectivity index (χ3n) is 3.61. The van der Waals surface area contributed by atoms with Crippen LogP contribution >= 0.6 is 0 Å². The van der Waals surface area contributed by atoms with E-state index in [4.69, 9.17) is 4.74 Å². The fraction of sp³-hybridized carbons (Fsp3) is 0.353. The summed E-state index contributed by atoms with van der Waals surface area (Å²) >= 11 is 0. The molecule has 1 aromatic heterocycles. The Morgan fingerprint density at radius 2 is 2.00 bits per heavy atom. The molecule has 0 unspecified atom stereocenters. The van der Waals surface area contributed by atoms with E-state index in [0.717, 1.165) is 24.3 Å². The van der Waals surface area contributed by atoms with Gasteiger partial charge in [-0.1, -0.05) is 6.07 Å². The second-order valence-corrected chi connectivity index (χ2v) is 6.07. The molecule has 158 valence electrons. The van der Waals surface area contributed by atoms with E-state index in [1.54, 1.807) is 14.1 Å². The van der Waals surface area contributed by atoms with Gasteiger partial charge in [-0.25, -0.2) is 9.37 Å². The van der Waals surface area contributed by atoms with E-state index in [-0.39, 0.29) is 23.8 Å². The standard InChI is InChI=1S/C17H18F4N4O4/c1-25(2)16-23-11(7-14(26)24-16)15(27)22-12(8-28-3)9-4-5-13(10(18)6-9)29-17(19,20)21/h4-7,12H,8H2,1-3H3,(H,22,27)(H,23,24,26)/t12-/m1/s1. The summed E-state index contributed by atoms with van der Waals surface area (Å²) in [5.41, 5.74) is -0.627. The molecule has 0 aliphatic carbocycles. The van der Waals surface area contributed by atoms with Crippen LogP contribution in [0.4, 0.5) is 23.5 Å². The number of hydrogen-bond acceptors (Lipinski definition) is 6. The third-order valence-corrected chi connectivity index (χ3v) is 3.61. The van der Waals surface area contributed by atoms with Crippen LogP contribution in [0.15, 0.2) is 29.1 Å². The van der Waals surface area contributed by atoms with Crippen molar-refractivity contribution < 1.29 is 31.8 Å². The number of aromatic amines is 1. The van der Waals surface area contributed by atoms with E-state index < -0.39 is 35.4 Å². The monoisotopic (exact) mass is 418 g/mol. The van der Waals surface area contributed by atoms with Gasteiger partial charge in [0.15, 0.2) is 11.6 Å². The summed E-state index contributed by atoms with van der Waals surface area (Å²) in [6.45, 7) is -0.117.